The molecular formula is C22H21ClN6O. The fourth-order valence-corrected chi connectivity index (χ4v) is 3.94. The lowest BCUT2D eigenvalue weighted by Crippen LogP contribution is -2.19. The Bertz CT molecular complexity index is 1180. The molecule has 152 valence electrons. The van der Waals surface area contributed by atoms with E-state index in [4.69, 9.17) is 18.2 Å². The van der Waals surface area contributed by atoms with E-state index in [1.807, 2.05) is 10.9 Å². The first kappa shape index (κ1) is 20.0. The van der Waals surface area contributed by atoms with Gasteiger partial charge in [0, 0.05) is 29.6 Å². The molecule has 1 amide bonds. The second kappa shape index (κ2) is 7.54. The summed E-state index contributed by atoms with van der Waals surface area (Å²) >= 11 is 6.44. The number of hydrogen-bond donors (Lipinski definition) is 1. The molecule has 3 aromatic rings. The van der Waals surface area contributed by atoms with Gasteiger partial charge in [-0.15, -0.1) is 4.98 Å². The maximum atomic E-state index is 12.8. The summed E-state index contributed by atoms with van der Waals surface area (Å²) in [5, 5.41) is 7.87. The van der Waals surface area contributed by atoms with Gasteiger partial charge in [0.05, 0.1) is 17.1 Å². The molecule has 4 heterocycles. The molecule has 0 saturated carbocycles. The predicted molar refractivity (Wildman–Crippen MR) is 115 cm³/mol. The van der Waals surface area contributed by atoms with E-state index in [1.165, 1.54) is 6.20 Å². The quantitative estimate of drug-likeness (QED) is 0.611. The largest absolute Gasteiger partial charge is 0.361 e. The molecule has 0 bridgehead atoms. The number of aromatic nitrogens is 4. The van der Waals surface area contributed by atoms with Crippen molar-refractivity contribution in [2.24, 2.45) is 5.41 Å². The Kier molecular flexibility index (Phi) is 5.04. The molecule has 30 heavy (non-hydrogen) atoms. The highest BCUT2D eigenvalue weighted by molar-refractivity contribution is 6.33. The Morgan fingerprint density at radius 1 is 1.30 bits per heavy atom. The topological polar surface area (TPSA) is 77.1 Å². The number of carbonyl (C=O) groups is 1. The zero-order chi connectivity index (χ0) is 21.5. The number of rotatable bonds is 4. The van der Waals surface area contributed by atoms with Crippen LogP contribution in [0.25, 0.3) is 16.0 Å². The Labute approximate surface area is 179 Å². The second-order valence-electron chi connectivity index (χ2n) is 8.32. The molecule has 0 aromatic carbocycles. The third-order valence-electron chi connectivity index (χ3n) is 5.35. The Morgan fingerprint density at radius 2 is 2.10 bits per heavy atom. The van der Waals surface area contributed by atoms with Gasteiger partial charge in [-0.25, -0.2) is 4.98 Å². The number of amides is 1. The maximum absolute atomic E-state index is 12.8. The summed E-state index contributed by atoms with van der Waals surface area (Å²) in [6, 6.07) is 5.14. The maximum Gasteiger partial charge on any atom is 0.269 e. The summed E-state index contributed by atoms with van der Waals surface area (Å²) in [6.45, 7) is 14.2. The van der Waals surface area contributed by atoms with E-state index in [9.17, 15) is 4.79 Å². The minimum Gasteiger partial charge on any atom is -0.361 e. The minimum absolute atomic E-state index is 0.152. The van der Waals surface area contributed by atoms with Gasteiger partial charge in [-0.1, -0.05) is 32.0 Å². The van der Waals surface area contributed by atoms with Crippen LogP contribution in [0.4, 0.5) is 11.6 Å². The summed E-state index contributed by atoms with van der Waals surface area (Å²) < 4.78 is 2.02. The number of hydrogen-bond acceptors (Lipinski definition) is 4. The molecule has 1 N–H and O–H groups in total. The third kappa shape index (κ3) is 3.79. The highest BCUT2D eigenvalue weighted by atomic mass is 35.5. The average molecular weight is 421 g/mol. The highest BCUT2D eigenvalue weighted by Gasteiger charge is 2.32. The van der Waals surface area contributed by atoms with Crippen LogP contribution in [0.2, 0.25) is 5.02 Å². The van der Waals surface area contributed by atoms with Crippen LogP contribution in [0, 0.1) is 12.0 Å². The van der Waals surface area contributed by atoms with E-state index < -0.39 is 5.92 Å². The second-order valence-corrected chi connectivity index (χ2v) is 8.73. The molecule has 1 atom stereocenters. The van der Waals surface area contributed by atoms with E-state index in [0.717, 1.165) is 35.3 Å². The minimum atomic E-state index is -0.462. The number of anilines is 1. The van der Waals surface area contributed by atoms with Crippen molar-refractivity contribution in [3.05, 3.63) is 64.5 Å². The highest BCUT2D eigenvalue weighted by Crippen LogP contribution is 2.39. The van der Waals surface area contributed by atoms with Crippen LogP contribution in [0.15, 0.2) is 36.8 Å². The summed E-state index contributed by atoms with van der Waals surface area (Å²) in [5.74, 6) is -0.00477. The van der Waals surface area contributed by atoms with Crippen molar-refractivity contribution >= 4 is 29.1 Å². The predicted octanol–water partition coefficient (Wildman–Crippen LogP) is 4.87. The number of pyridine rings is 2. The molecule has 8 heteroatoms. The van der Waals surface area contributed by atoms with Crippen LogP contribution in [-0.4, -0.2) is 25.7 Å². The van der Waals surface area contributed by atoms with Crippen LogP contribution in [0.3, 0.4) is 0 Å². The Balaban J connectivity index is 1.59. The molecule has 0 saturated heterocycles. The van der Waals surface area contributed by atoms with Crippen molar-refractivity contribution in [3.63, 3.8) is 0 Å². The first-order chi connectivity index (χ1) is 14.3. The van der Waals surface area contributed by atoms with E-state index in [2.05, 4.69) is 39.1 Å². The summed E-state index contributed by atoms with van der Waals surface area (Å²) in [4.78, 5) is 24.3. The fourth-order valence-electron chi connectivity index (χ4n) is 3.74. The molecule has 0 unspecified atom stereocenters. The zero-order valence-corrected chi connectivity index (χ0v) is 17.7. The lowest BCUT2D eigenvalue weighted by molar-refractivity contribution is -0.117. The standard InChI is InChI=1S/C22H21ClN6O/c1-13(14-5-6-25-19(7-14)24-4)21(30)28-20-8-15(17(23)11-26-20)16-10-27-29-12-22(2,3)9-18(16)29/h5-8,10-11,13H,9,12H2,1-3H3,(H,26,28,30)/t13-/m1/s1. The van der Waals surface area contributed by atoms with Gasteiger partial charge < -0.3 is 10.2 Å². The van der Waals surface area contributed by atoms with Crippen molar-refractivity contribution < 1.29 is 4.79 Å². The summed E-state index contributed by atoms with van der Waals surface area (Å²) in [6.07, 6.45) is 5.81. The molecular weight excluding hydrogens is 400 g/mol. The van der Waals surface area contributed by atoms with Gasteiger partial charge in [0.25, 0.3) is 5.82 Å². The zero-order valence-electron chi connectivity index (χ0n) is 17.0. The van der Waals surface area contributed by atoms with Crippen molar-refractivity contribution in [2.45, 2.75) is 39.7 Å². The van der Waals surface area contributed by atoms with E-state index in [-0.39, 0.29) is 17.1 Å². The van der Waals surface area contributed by atoms with Crippen molar-refractivity contribution in [2.75, 3.05) is 5.32 Å². The van der Waals surface area contributed by atoms with Crippen LogP contribution < -0.4 is 5.32 Å². The molecule has 0 aliphatic carbocycles. The van der Waals surface area contributed by atoms with Gasteiger partial charge in [0.1, 0.15) is 12.0 Å². The molecule has 1 aliphatic rings. The first-order valence-electron chi connectivity index (χ1n) is 9.62. The van der Waals surface area contributed by atoms with Crippen LogP contribution in [0.1, 0.15) is 37.9 Å². The van der Waals surface area contributed by atoms with Gasteiger partial charge in [-0.2, -0.15) is 5.10 Å². The van der Waals surface area contributed by atoms with Crippen LogP contribution in [0.5, 0.6) is 0 Å². The van der Waals surface area contributed by atoms with Gasteiger partial charge >= 0.3 is 0 Å². The molecule has 1 aliphatic heterocycles. The SMILES string of the molecule is [C-]#[N+]c1cc([C@@H](C)C(=O)Nc2cc(-c3cnn4c3CC(C)(C)C4)c(Cl)cn2)ccn1. The third-order valence-corrected chi connectivity index (χ3v) is 5.65. The van der Waals surface area contributed by atoms with Crippen LogP contribution >= 0.6 is 11.6 Å². The first-order valence-corrected chi connectivity index (χ1v) is 10.00. The monoisotopic (exact) mass is 420 g/mol. The molecule has 0 spiro atoms. The fraction of sp³-hybridized carbons (Fsp3) is 0.318. The number of halogens is 1. The number of nitrogens with zero attached hydrogens (tertiary/aromatic N) is 5. The Hall–Kier alpha value is -3.24. The molecule has 3 aromatic heterocycles. The van der Waals surface area contributed by atoms with Gasteiger partial charge in [-0.05, 0) is 42.5 Å². The average Bonchev–Trinajstić information content (AvgIpc) is 3.23. The summed E-state index contributed by atoms with van der Waals surface area (Å²) in [7, 11) is 0. The van der Waals surface area contributed by atoms with Crippen molar-refractivity contribution in [3.8, 4) is 11.1 Å². The van der Waals surface area contributed by atoms with Gasteiger partial charge in [-0.3, -0.25) is 9.48 Å². The van der Waals surface area contributed by atoms with Crippen molar-refractivity contribution in [1.82, 2.24) is 19.7 Å². The van der Waals surface area contributed by atoms with E-state index in [0.29, 0.717) is 10.8 Å². The molecule has 0 radical (unpaired) electrons. The lowest BCUT2D eigenvalue weighted by atomic mass is 9.89. The van der Waals surface area contributed by atoms with E-state index in [1.54, 1.807) is 31.3 Å². The van der Waals surface area contributed by atoms with Gasteiger partial charge in [0.15, 0.2) is 0 Å². The number of carbonyl (C=O) groups excluding carboxylic acids is 1. The molecule has 4 rings (SSSR count). The lowest BCUT2D eigenvalue weighted by Gasteiger charge is -2.15. The molecule has 7 nitrogen and oxygen atoms in total. The smallest absolute Gasteiger partial charge is 0.269 e. The van der Waals surface area contributed by atoms with Crippen molar-refractivity contribution in [1.29, 1.82) is 0 Å². The van der Waals surface area contributed by atoms with Gasteiger partial charge in [0.2, 0.25) is 5.91 Å². The molecule has 0 fully saturated rings. The van der Waals surface area contributed by atoms with Crippen LogP contribution in [-0.2, 0) is 17.8 Å². The number of nitrogens with one attached hydrogen (secondary N) is 1. The Morgan fingerprint density at radius 3 is 2.87 bits per heavy atom. The van der Waals surface area contributed by atoms with E-state index >= 15 is 0 Å². The summed E-state index contributed by atoms with van der Waals surface area (Å²) in [5.41, 5.74) is 3.78. The normalized spacial score (nSPS) is 15.3. The number of fused-ring (bicyclic) bond motifs is 1.